The summed E-state index contributed by atoms with van der Waals surface area (Å²) in [5, 5.41) is 0. The first-order valence-electron chi connectivity index (χ1n) is 5.20. The number of hydrogen-bond donors (Lipinski definition) is 0. The van der Waals surface area contributed by atoms with Gasteiger partial charge in [0, 0.05) is 3.57 Å². The smallest absolute Gasteiger partial charge is 0.0961 e. The van der Waals surface area contributed by atoms with Crippen LogP contribution in [-0.2, 0) is 0 Å². The van der Waals surface area contributed by atoms with Crippen molar-refractivity contribution in [2.24, 2.45) is 0 Å². The maximum absolute atomic E-state index is 5.83. The van der Waals surface area contributed by atoms with Crippen molar-refractivity contribution >= 4 is 35.9 Å². The zero-order chi connectivity index (χ0) is 11.7. The van der Waals surface area contributed by atoms with Crippen LogP contribution in [0.25, 0.3) is 11.1 Å². The molecule has 0 spiro atoms. The minimum atomic E-state index is 0.837. The number of hydrogen-bond acceptors (Lipinski definition) is 0. The molecular weight excluding hydrogens is 306 g/mol. The fraction of sp³-hybridized carbons (Fsp3) is 0.143. The van der Waals surface area contributed by atoms with Crippen molar-refractivity contribution in [3.63, 3.8) is 0 Å². The lowest BCUT2D eigenvalue weighted by Gasteiger charge is -2.11. The third-order valence-electron chi connectivity index (χ3n) is 2.69. The Morgan fingerprint density at radius 1 is 0.938 bits per heavy atom. The van der Waals surface area contributed by atoms with Gasteiger partial charge < -0.3 is 0 Å². The Hall–Kier alpha value is -0.765. The van der Waals surface area contributed by atoms with Gasteiger partial charge in [-0.05, 0) is 70.8 Å². The molecule has 0 saturated heterocycles. The lowest BCUT2D eigenvalue weighted by Crippen LogP contribution is -2.05. The third-order valence-corrected chi connectivity index (χ3v) is 3.41. The van der Waals surface area contributed by atoms with Crippen molar-refractivity contribution in [1.29, 1.82) is 0 Å². The van der Waals surface area contributed by atoms with Gasteiger partial charge in [0.2, 0.25) is 0 Å². The van der Waals surface area contributed by atoms with E-state index in [4.69, 9.17) is 7.85 Å². The van der Waals surface area contributed by atoms with Crippen molar-refractivity contribution in [2.75, 3.05) is 0 Å². The van der Waals surface area contributed by atoms with E-state index in [0.717, 1.165) is 5.46 Å². The maximum Gasteiger partial charge on any atom is 0.113 e. The first-order chi connectivity index (χ1) is 7.58. The van der Waals surface area contributed by atoms with Crippen LogP contribution >= 0.6 is 22.6 Å². The van der Waals surface area contributed by atoms with Gasteiger partial charge in [-0.15, -0.1) is 0 Å². The fourth-order valence-corrected chi connectivity index (χ4v) is 2.43. The van der Waals surface area contributed by atoms with E-state index in [1.807, 2.05) is 12.1 Å². The van der Waals surface area contributed by atoms with Gasteiger partial charge in [-0.25, -0.2) is 0 Å². The van der Waals surface area contributed by atoms with E-state index in [-0.39, 0.29) is 0 Å². The van der Waals surface area contributed by atoms with Crippen LogP contribution in [0.5, 0.6) is 0 Å². The third kappa shape index (κ3) is 2.32. The summed E-state index contributed by atoms with van der Waals surface area (Å²) in [5.74, 6) is 0. The minimum Gasteiger partial charge on any atom is -0.0961 e. The number of aryl methyl sites for hydroxylation is 2. The molecule has 2 heteroatoms. The Balaban J connectivity index is 2.60. The molecular formula is C14H12BI. The van der Waals surface area contributed by atoms with E-state index in [1.54, 1.807) is 0 Å². The summed E-state index contributed by atoms with van der Waals surface area (Å²) in [5.41, 5.74) is 5.86. The second-order valence-electron chi connectivity index (χ2n) is 4.04. The second-order valence-corrected chi connectivity index (χ2v) is 5.28. The molecule has 78 valence electrons. The van der Waals surface area contributed by atoms with E-state index in [2.05, 4.69) is 60.7 Å². The van der Waals surface area contributed by atoms with E-state index in [0.29, 0.717) is 0 Å². The summed E-state index contributed by atoms with van der Waals surface area (Å²) in [7, 11) is 5.83. The Kier molecular flexibility index (Phi) is 3.38. The molecule has 16 heavy (non-hydrogen) atoms. The van der Waals surface area contributed by atoms with Crippen LogP contribution in [0.3, 0.4) is 0 Å². The average Bonchev–Trinajstić information content (AvgIpc) is 2.19. The van der Waals surface area contributed by atoms with Crippen LogP contribution in [0.15, 0.2) is 36.4 Å². The predicted octanol–water partition coefficient (Wildman–Crippen LogP) is 3.37. The monoisotopic (exact) mass is 318 g/mol. The number of benzene rings is 2. The fourth-order valence-electron chi connectivity index (χ4n) is 2.07. The highest BCUT2D eigenvalue weighted by molar-refractivity contribution is 14.1. The van der Waals surface area contributed by atoms with Crippen LogP contribution in [0, 0.1) is 17.4 Å². The Bertz CT molecular complexity index is 492. The summed E-state index contributed by atoms with van der Waals surface area (Å²) >= 11 is 2.32. The zero-order valence-corrected chi connectivity index (χ0v) is 11.6. The normalized spacial score (nSPS) is 10.4. The van der Waals surface area contributed by atoms with Gasteiger partial charge in [0.25, 0.3) is 0 Å². The van der Waals surface area contributed by atoms with Crippen LogP contribution < -0.4 is 5.46 Å². The van der Waals surface area contributed by atoms with Crippen LogP contribution in [0.2, 0.25) is 0 Å². The first-order valence-corrected chi connectivity index (χ1v) is 6.28. The van der Waals surface area contributed by atoms with Gasteiger partial charge >= 0.3 is 0 Å². The van der Waals surface area contributed by atoms with Crippen LogP contribution in [0.4, 0.5) is 0 Å². The van der Waals surface area contributed by atoms with Gasteiger partial charge in [-0.1, -0.05) is 29.7 Å². The molecule has 0 amide bonds. The molecule has 2 aromatic carbocycles. The highest BCUT2D eigenvalue weighted by Gasteiger charge is 2.05. The topological polar surface area (TPSA) is 0 Å². The van der Waals surface area contributed by atoms with Gasteiger partial charge in [0.15, 0.2) is 0 Å². The van der Waals surface area contributed by atoms with Crippen molar-refractivity contribution in [1.82, 2.24) is 0 Å². The summed E-state index contributed by atoms with van der Waals surface area (Å²) in [6.45, 7) is 4.22. The zero-order valence-electron chi connectivity index (χ0n) is 9.42. The van der Waals surface area contributed by atoms with Gasteiger partial charge in [0.05, 0.1) is 0 Å². The quantitative estimate of drug-likeness (QED) is 0.559. The predicted molar refractivity (Wildman–Crippen MR) is 79.5 cm³/mol. The van der Waals surface area contributed by atoms with E-state index < -0.39 is 0 Å². The van der Waals surface area contributed by atoms with Crippen LogP contribution in [-0.4, -0.2) is 7.85 Å². The summed E-state index contributed by atoms with van der Waals surface area (Å²) in [6.07, 6.45) is 0. The Labute approximate surface area is 112 Å². The molecule has 0 saturated carbocycles. The largest absolute Gasteiger partial charge is 0.113 e. The summed E-state index contributed by atoms with van der Waals surface area (Å²) in [4.78, 5) is 0. The lowest BCUT2D eigenvalue weighted by molar-refractivity contribution is 1.39. The standard InChI is InChI=1S/C14H12BI/c1-9-7-12(15)8-10(2)14(9)11-3-5-13(16)6-4-11/h3-8H,1-2H3. The highest BCUT2D eigenvalue weighted by Crippen LogP contribution is 2.26. The number of halogens is 1. The molecule has 0 fully saturated rings. The molecule has 0 aliphatic rings. The molecule has 0 atom stereocenters. The molecule has 0 aliphatic heterocycles. The van der Waals surface area contributed by atoms with E-state index >= 15 is 0 Å². The molecule has 0 bridgehead atoms. The van der Waals surface area contributed by atoms with E-state index in [9.17, 15) is 0 Å². The lowest BCUT2D eigenvalue weighted by atomic mass is 9.87. The molecule has 0 nitrogen and oxygen atoms in total. The van der Waals surface area contributed by atoms with Crippen molar-refractivity contribution in [3.8, 4) is 11.1 Å². The Morgan fingerprint density at radius 2 is 1.44 bits per heavy atom. The average molecular weight is 318 g/mol. The Morgan fingerprint density at radius 3 is 1.94 bits per heavy atom. The van der Waals surface area contributed by atoms with Crippen molar-refractivity contribution in [2.45, 2.75) is 13.8 Å². The molecule has 0 unspecified atom stereocenters. The van der Waals surface area contributed by atoms with Crippen molar-refractivity contribution in [3.05, 3.63) is 51.1 Å². The molecule has 0 heterocycles. The molecule has 0 aromatic heterocycles. The minimum absolute atomic E-state index is 0.837. The summed E-state index contributed by atoms with van der Waals surface area (Å²) in [6, 6.07) is 12.6. The maximum atomic E-state index is 5.83. The molecule has 2 radical (unpaired) electrons. The molecule has 2 rings (SSSR count). The molecule has 2 aromatic rings. The van der Waals surface area contributed by atoms with Gasteiger partial charge in [0.1, 0.15) is 7.85 Å². The van der Waals surface area contributed by atoms with Crippen molar-refractivity contribution < 1.29 is 0 Å². The first kappa shape index (κ1) is 11.7. The van der Waals surface area contributed by atoms with Crippen LogP contribution in [0.1, 0.15) is 11.1 Å². The van der Waals surface area contributed by atoms with E-state index in [1.165, 1.54) is 25.8 Å². The molecule has 0 aliphatic carbocycles. The summed E-state index contributed by atoms with van der Waals surface area (Å²) < 4.78 is 1.26. The number of rotatable bonds is 1. The van der Waals surface area contributed by atoms with Gasteiger partial charge in [-0.3, -0.25) is 0 Å². The van der Waals surface area contributed by atoms with Gasteiger partial charge in [-0.2, -0.15) is 0 Å². The second kappa shape index (κ2) is 4.62. The highest BCUT2D eigenvalue weighted by atomic mass is 127. The SMILES string of the molecule is [B]c1cc(C)c(-c2ccc(I)cc2)c(C)c1. The molecule has 0 N–H and O–H groups in total.